The number of ketones is 1. The Morgan fingerprint density at radius 3 is 2.66 bits per heavy atom. The molecule has 1 aliphatic heterocycles. The monoisotopic (exact) mass is 433 g/mol. The summed E-state index contributed by atoms with van der Waals surface area (Å²) in [5, 5.41) is 5.65. The second-order valence-electron chi connectivity index (χ2n) is 9.07. The molecular formula is C26H31N3O3. The number of morpholine rings is 1. The van der Waals surface area contributed by atoms with E-state index in [1.165, 1.54) is 5.69 Å². The van der Waals surface area contributed by atoms with Gasteiger partial charge in [-0.25, -0.2) is 0 Å². The zero-order valence-electron chi connectivity index (χ0n) is 18.9. The van der Waals surface area contributed by atoms with Crippen LogP contribution < -0.4 is 9.64 Å². The van der Waals surface area contributed by atoms with Gasteiger partial charge in [-0.1, -0.05) is 12.1 Å². The van der Waals surface area contributed by atoms with Crippen LogP contribution in [0.1, 0.15) is 32.6 Å². The number of fused-ring (bicyclic) bond motifs is 1. The first-order chi connectivity index (χ1) is 15.6. The van der Waals surface area contributed by atoms with Crippen LogP contribution in [0.5, 0.6) is 5.75 Å². The number of carbonyl (C=O) groups is 1. The molecule has 6 nitrogen and oxygen atoms in total. The van der Waals surface area contributed by atoms with Gasteiger partial charge in [0.1, 0.15) is 11.5 Å². The Bertz CT molecular complexity index is 1100. The Morgan fingerprint density at radius 1 is 1.12 bits per heavy atom. The number of Topliss-reactive ketones (excluding diaryl/α,β-unsaturated/α-hetero) is 1. The van der Waals surface area contributed by atoms with Gasteiger partial charge in [-0.15, -0.1) is 0 Å². The molecule has 1 saturated carbocycles. The molecule has 2 heterocycles. The van der Waals surface area contributed by atoms with Crippen LogP contribution in [0.25, 0.3) is 22.0 Å². The summed E-state index contributed by atoms with van der Waals surface area (Å²) >= 11 is 0. The smallest absolute Gasteiger partial charge is 0.133 e. The number of aromatic nitrogens is 2. The van der Waals surface area contributed by atoms with Gasteiger partial charge in [-0.2, -0.15) is 5.10 Å². The first-order valence-corrected chi connectivity index (χ1v) is 11.7. The lowest BCUT2D eigenvalue weighted by Gasteiger charge is -2.29. The molecule has 0 spiro atoms. The topological polar surface area (TPSA) is 56.6 Å². The summed E-state index contributed by atoms with van der Waals surface area (Å²) in [5.74, 6) is 1.48. The predicted octanol–water partition coefficient (Wildman–Crippen LogP) is 4.60. The summed E-state index contributed by atoms with van der Waals surface area (Å²) in [5.41, 5.74) is 4.37. The third-order valence-corrected chi connectivity index (χ3v) is 6.78. The van der Waals surface area contributed by atoms with Gasteiger partial charge in [-0.3, -0.25) is 9.48 Å². The van der Waals surface area contributed by atoms with E-state index >= 15 is 0 Å². The van der Waals surface area contributed by atoms with Crippen LogP contribution in [0.3, 0.4) is 0 Å². The summed E-state index contributed by atoms with van der Waals surface area (Å²) < 4.78 is 13.8. The second kappa shape index (κ2) is 8.94. The molecule has 2 aliphatic rings. The molecular weight excluding hydrogens is 402 g/mol. The standard InChI is InChI=1S/C26H31N3O3/c1-18(20-4-3-5-23(30)14-20)32-26-16-21(15-25-24(26)17-28(2)27-25)19-6-8-22(9-7-19)29-10-12-31-13-11-29/h6-9,15-18,20H,3-5,10-14H2,1-2H3/t18-,20+/m1/s1. The Morgan fingerprint density at radius 2 is 1.91 bits per heavy atom. The molecule has 3 aromatic rings. The molecule has 0 N–H and O–H groups in total. The molecule has 1 saturated heterocycles. The zero-order valence-corrected chi connectivity index (χ0v) is 18.9. The Balaban J connectivity index is 1.43. The fourth-order valence-corrected chi connectivity index (χ4v) is 4.92. The van der Waals surface area contributed by atoms with E-state index in [-0.39, 0.29) is 12.0 Å². The zero-order chi connectivity index (χ0) is 22.1. The van der Waals surface area contributed by atoms with Crippen molar-refractivity contribution in [3.8, 4) is 16.9 Å². The largest absolute Gasteiger partial charge is 0.490 e. The number of benzene rings is 2. The molecule has 0 amide bonds. The van der Waals surface area contributed by atoms with Crippen molar-refractivity contribution < 1.29 is 14.3 Å². The summed E-state index contributed by atoms with van der Waals surface area (Å²) in [4.78, 5) is 14.3. The molecule has 0 unspecified atom stereocenters. The van der Waals surface area contributed by atoms with Gasteiger partial charge < -0.3 is 14.4 Å². The average Bonchev–Trinajstić information content (AvgIpc) is 3.20. The highest BCUT2D eigenvalue weighted by Crippen LogP contribution is 2.35. The van der Waals surface area contributed by atoms with Crippen LogP contribution in [0.15, 0.2) is 42.6 Å². The van der Waals surface area contributed by atoms with Gasteiger partial charge in [-0.05, 0) is 55.2 Å². The minimum absolute atomic E-state index is 0.0124. The van der Waals surface area contributed by atoms with Crippen molar-refractivity contribution in [2.45, 2.75) is 38.7 Å². The Labute approximate surface area is 189 Å². The maximum Gasteiger partial charge on any atom is 0.133 e. The first kappa shape index (κ1) is 21.0. The quantitative estimate of drug-likeness (QED) is 0.588. The van der Waals surface area contributed by atoms with Crippen molar-refractivity contribution >= 4 is 22.4 Å². The molecule has 5 rings (SSSR count). The number of hydrogen-bond acceptors (Lipinski definition) is 5. The van der Waals surface area contributed by atoms with E-state index in [9.17, 15) is 4.79 Å². The van der Waals surface area contributed by atoms with Crippen LogP contribution in [0.4, 0.5) is 5.69 Å². The maximum atomic E-state index is 11.9. The van der Waals surface area contributed by atoms with Crippen molar-refractivity contribution in [2.24, 2.45) is 13.0 Å². The van der Waals surface area contributed by atoms with Crippen molar-refractivity contribution in [3.63, 3.8) is 0 Å². The van der Waals surface area contributed by atoms with Crippen molar-refractivity contribution in [3.05, 3.63) is 42.6 Å². The van der Waals surface area contributed by atoms with Gasteiger partial charge in [0.15, 0.2) is 0 Å². The minimum atomic E-state index is -0.0124. The molecule has 6 heteroatoms. The molecule has 2 fully saturated rings. The van der Waals surface area contributed by atoms with E-state index in [4.69, 9.17) is 9.47 Å². The molecule has 2 aromatic carbocycles. The Kier molecular flexibility index (Phi) is 5.87. The number of nitrogens with zero attached hydrogens (tertiary/aromatic N) is 3. The van der Waals surface area contributed by atoms with E-state index in [1.807, 2.05) is 17.9 Å². The van der Waals surface area contributed by atoms with Crippen LogP contribution in [0, 0.1) is 5.92 Å². The number of hydrogen-bond donors (Lipinski definition) is 0. The van der Waals surface area contributed by atoms with Gasteiger partial charge in [0, 0.05) is 50.8 Å². The molecule has 168 valence electrons. The first-order valence-electron chi connectivity index (χ1n) is 11.7. The van der Waals surface area contributed by atoms with E-state index in [2.05, 4.69) is 53.3 Å². The highest BCUT2D eigenvalue weighted by molar-refractivity contribution is 5.90. The van der Waals surface area contributed by atoms with Crippen molar-refractivity contribution in [2.75, 3.05) is 31.2 Å². The summed E-state index contributed by atoms with van der Waals surface area (Å²) in [6, 6.07) is 12.9. The minimum Gasteiger partial charge on any atom is -0.490 e. The van der Waals surface area contributed by atoms with Crippen molar-refractivity contribution in [1.29, 1.82) is 0 Å². The molecule has 0 bridgehead atoms. The predicted molar refractivity (Wildman–Crippen MR) is 126 cm³/mol. The maximum absolute atomic E-state index is 11.9. The number of anilines is 1. The van der Waals surface area contributed by atoms with E-state index in [0.29, 0.717) is 18.6 Å². The van der Waals surface area contributed by atoms with Gasteiger partial charge >= 0.3 is 0 Å². The van der Waals surface area contributed by atoms with Crippen LogP contribution in [0.2, 0.25) is 0 Å². The highest BCUT2D eigenvalue weighted by atomic mass is 16.5. The number of rotatable bonds is 5. The molecule has 32 heavy (non-hydrogen) atoms. The average molecular weight is 434 g/mol. The number of ether oxygens (including phenoxy) is 2. The van der Waals surface area contributed by atoms with Crippen LogP contribution in [-0.4, -0.2) is 48.0 Å². The Hall–Kier alpha value is -2.86. The van der Waals surface area contributed by atoms with E-state index < -0.39 is 0 Å². The van der Waals surface area contributed by atoms with E-state index in [0.717, 1.165) is 66.9 Å². The fraction of sp³-hybridized carbons (Fsp3) is 0.462. The van der Waals surface area contributed by atoms with Gasteiger partial charge in [0.2, 0.25) is 0 Å². The molecule has 0 radical (unpaired) electrons. The SMILES string of the molecule is C[C@@H](Oc1cc(-c2ccc(N3CCOCC3)cc2)cc2nn(C)cc12)[C@H]1CCCC(=O)C1. The number of aryl methyl sites for hydroxylation is 1. The second-order valence-corrected chi connectivity index (χ2v) is 9.07. The molecule has 1 aliphatic carbocycles. The lowest BCUT2D eigenvalue weighted by Crippen LogP contribution is -2.36. The third kappa shape index (κ3) is 4.37. The summed E-state index contributed by atoms with van der Waals surface area (Å²) in [6.07, 6.45) is 5.35. The summed E-state index contributed by atoms with van der Waals surface area (Å²) in [7, 11) is 1.93. The lowest BCUT2D eigenvalue weighted by molar-refractivity contribution is -0.122. The summed E-state index contributed by atoms with van der Waals surface area (Å²) in [6.45, 7) is 5.51. The molecule has 2 atom stereocenters. The van der Waals surface area contributed by atoms with Crippen LogP contribution in [-0.2, 0) is 16.6 Å². The van der Waals surface area contributed by atoms with E-state index in [1.54, 1.807) is 0 Å². The molecule has 1 aromatic heterocycles. The normalized spacial score (nSPS) is 20.5. The van der Waals surface area contributed by atoms with Crippen molar-refractivity contribution in [1.82, 2.24) is 9.78 Å². The lowest BCUT2D eigenvalue weighted by atomic mass is 9.85. The van der Waals surface area contributed by atoms with Gasteiger partial charge in [0.25, 0.3) is 0 Å². The number of carbonyl (C=O) groups excluding carboxylic acids is 1. The third-order valence-electron chi connectivity index (χ3n) is 6.78. The highest BCUT2D eigenvalue weighted by Gasteiger charge is 2.26. The van der Waals surface area contributed by atoms with Crippen LogP contribution >= 0.6 is 0 Å². The fourth-order valence-electron chi connectivity index (χ4n) is 4.92. The van der Waals surface area contributed by atoms with Gasteiger partial charge in [0.05, 0.1) is 30.2 Å².